The molecular formula is C15H18ClN3OS. The number of carbonyl (C=O) groups is 1. The predicted octanol–water partition coefficient (Wildman–Crippen LogP) is 2.18. The van der Waals surface area contributed by atoms with Crippen molar-refractivity contribution in [2.75, 3.05) is 0 Å². The summed E-state index contributed by atoms with van der Waals surface area (Å²) in [6, 6.07) is 16.3. The number of hydrazine groups is 1. The zero-order valence-corrected chi connectivity index (χ0v) is 13.0. The first kappa shape index (κ1) is 17.5. The Balaban J connectivity index is 0.000000235. The van der Waals surface area contributed by atoms with Crippen molar-refractivity contribution in [1.82, 2.24) is 5.43 Å². The molecule has 2 rings (SSSR count). The molecule has 4 nitrogen and oxygen atoms in total. The Bertz CT molecular complexity index is 528. The highest BCUT2D eigenvalue weighted by molar-refractivity contribution is 7.80. The zero-order chi connectivity index (χ0) is 15.7. The third-order valence-corrected chi connectivity index (χ3v) is 3.15. The molecule has 0 aliphatic carbocycles. The molecule has 21 heavy (non-hydrogen) atoms. The van der Waals surface area contributed by atoms with Gasteiger partial charge in [0, 0.05) is 9.92 Å². The number of thiol groups is 1. The van der Waals surface area contributed by atoms with E-state index in [9.17, 15) is 4.79 Å². The maximum Gasteiger partial charge on any atom is 0.251 e. The topological polar surface area (TPSA) is 81.1 Å². The van der Waals surface area contributed by atoms with E-state index in [-0.39, 0.29) is 5.91 Å². The van der Waals surface area contributed by atoms with E-state index in [1.165, 1.54) is 0 Å². The summed E-state index contributed by atoms with van der Waals surface area (Å²) in [7, 11) is 0. The molecule has 0 aromatic heterocycles. The first-order chi connectivity index (χ1) is 10.0. The number of halogens is 1. The van der Waals surface area contributed by atoms with Gasteiger partial charge in [0.25, 0.3) is 5.91 Å². The van der Waals surface area contributed by atoms with Crippen LogP contribution in [-0.4, -0.2) is 11.9 Å². The van der Waals surface area contributed by atoms with Gasteiger partial charge in [-0.15, -0.1) is 12.6 Å². The van der Waals surface area contributed by atoms with Crippen molar-refractivity contribution < 1.29 is 4.79 Å². The molecule has 112 valence electrons. The summed E-state index contributed by atoms with van der Waals surface area (Å²) in [6.07, 6.45) is 0.504. The van der Waals surface area contributed by atoms with E-state index in [0.29, 0.717) is 6.42 Å². The Hall–Kier alpha value is -1.53. The van der Waals surface area contributed by atoms with Gasteiger partial charge in [-0.3, -0.25) is 10.2 Å². The van der Waals surface area contributed by atoms with Crippen LogP contribution in [0.3, 0.4) is 0 Å². The van der Waals surface area contributed by atoms with Gasteiger partial charge >= 0.3 is 0 Å². The van der Waals surface area contributed by atoms with Gasteiger partial charge in [-0.25, -0.2) is 5.84 Å². The first-order valence-corrected chi connectivity index (χ1v) is 7.10. The molecule has 0 saturated carbocycles. The number of benzene rings is 2. The van der Waals surface area contributed by atoms with Crippen molar-refractivity contribution in [2.24, 2.45) is 11.6 Å². The number of carbonyl (C=O) groups excluding carboxylic acids is 1. The Morgan fingerprint density at radius 1 is 1.14 bits per heavy atom. The molecule has 0 radical (unpaired) electrons. The fraction of sp³-hybridized carbons (Fsp3) is 0.133. The first-order valence-electron chi connectivity index (χ1n) is 6.27. The predicted molar refractivity (Wildman–Crippen MR) is 89.2 cm³/mol. The maximum absolute atomic E-state index is 11.0. The lowest BCUT2D eigenvalue weighted by molar-refractivity contribution is -0.122. The highest BCUT2D eigenvalue weighted by Gasteiger charge is 2.11. The molecule has 6 heteroatoms. The van der Waals surface area contributed by atoms with E-state index in [0.717, 1.165) is 15.5 Å². The second kappa shape index (κ2) is 9.41. The average Bonchev–Trinajstić information content (AvgIpc) is 2.51. The third kappa shape index (κ3) is 7.15. The summed E-state index contributed by atoms with van der Waals surface area (Å²) in [5.74, 6) is 4.60. The van der Waals surface area contributed by atoms with Gasteiger partial charge in [0.1, 0.15) is 0 Å². The molecule has 0 fully saturated rings. The van der Waals surface area contributed by atoms with E-state index in [2.05, 4.69) is 12.6 Å². The second-order valence-electron chi connectivity index (χ2n) is 4.28. The molecule has 0 bridgehead atoms. The Labute approximate surface area is 134 Å². The van der Waals surface area contributed by atoms with Crippen molar-refractivity contribution in [3.8, 4) is 0 Å². The fourth-order valence-corrected chi connectivity index (χ4v) is 1.78. The molecule has 0 aliphatic rings. The van der Waals surface area contributed by atoms with E-state index in [1.54, 1.807) is 0 Å². The van der Waals surface area contributed by atoms with Crippen LogP contribution in [0.4, 0.5) is 0 Å². The number of nitrogens with two attached hydrogens (primary N) is 2. The minimum atomic E-state index is -0.576. The molecular weight excluding hydrogens is 306 g/mol. The molecule has 0 heterocycles. The summed E-state index contributed by atoms with van der Waals surface area (Å²) in [5, 5.41) is 0.753. The molecule has 0 saturated heterocycles. The molecule has 1 amide bonds. The van der Waals surface area contributed by atoms with Crippen LogP contribution in [-0.2, 0) is 11.2 Å². The SMILES string of the molecule is NNC(=O)C(N)Cc1ccccc1.Sc1ccc(Cl)cc1. The quantitative estimate of drug-likeness (QED) is 0.302. The maximum atomic E-state index is 11.0. The van der Waals surface area contributed by atoms with Crippen LogP contribution in [0, 0.1) is 0 Å². The van der Waals surface area contributed by atoms with Gasteiger partial charge in [-0.05, 0) is 36.2 Å². The second-order valence-corrected chi connectivity index (χ2v) is 5.23. The van der Waals surface area contributed by atoms with Crippen LogP contribution in [0.1, 0.15) is 5.56 Å². The van der Waals surface area contributed by atoms with E-state index in [1.807, 2.05) is 60.0 Å². The Morgan fingerprint density at radius 3 is 2.19 bits per heavy atom. The summed E-state index contributed by atoms with van der Waals surface area (Å²) in [6.45, 7) is 0. The van der Waals surface area contributed by atoms with Crippen molar-refractivity contribution in [3.05, 3.63) is 65.2 Å². The van der Waals surface area contributed by atoms with Crippen molar-refractivity contribution in [1.29, 1.82) is 0 Å². The molecule has 1 unspecified atom stereocenters. The highest BCUT2D eigenvalue weighted by atomic mass is 35.5. The van der Waals surface area contributed by atoms with Gasteiger partial charge in [0.05, 0.1) is 6.04 Å². The number of hydrogen-bond acceptors (Lipinski definition) is 4. The Morgan fingerprint density at radius 2 is 1.71 bits per heavy atom. The van der Waals surface area contributed by atoms with Gasteiger partial charge in [0.15, 0.2) is 0 Å². The Kier molecular flexibility index (Phi) is 7.85. The van der Waals surface area contributed by atoms with Gasteiger partial charge < -0.3 is 5.73 Å². The molecule has 1 atom stereocenters. The van der Waals surface area contributed by atoms with E-state index < -0.39 is 6.04 Å². The summed E-state index contributed by atoms with van der Waals surface area (Å²) < 4.78 is 0. The van der Waals surface area contributed by atoms with Crippen molar-refractivity contribution in [3.63, 3.8) is 0 Å². The minimum absolute atomic E-state index is 0.344. The molecule has 2 aromatic carbocycles. The molecule has 0 aliphatic heterocycles. The lowest BCUT2D eigenvalue weighted by atomic mass is 10.1. The average molecular weight is 324 g/mol. The van der Waals surface area contributed by atoms with E-state index in [4.69, 9.17) is 23.2 Å². The summed E-state index contributed by atoms with van der Waals surface area (Å²) in [4.78, 5) is 11.9. The molecule has 2 aromatic rings. The van der Waals surface area contributed by atoms with Crippen LogP contribution in [0.15, 0.2) is 59.5 Å². The van der Waals surface area contributed by atoms with Gasteiger partial charge in [0.2, 0.25) is 0 Å². The minimum Gasteiger partial charge on any atom is -0.320 e. The normalized spacial score (nSPS) is 11.0. The van der Waals surface area contributed by atoms with Crippen LogP contribution in [0.25, 0.3) is 0 Å². The van der Waals surface area contributed by atoms with Crippen LogP contribution < -0.4 is 17.0 Å². The monoisotopic (exact) mass is 323 g/mol. The molecule has 0 spiro atoms. The summed E-state index contributed by atoms with van der Waals surface area (Å²) >= 11 is 9.65. The van der Waals surface area contributed by atoms with Crippen molar-refractivity contribution >= 4 is 30.1 Å². The zero-order valence-electron chi connectivity index (χ0n) is 11.4. The van der Waals surface area contributed by atoms with Crippen LogP contribution >= 0.6 is 24.2 Å². The lowest BCUT2D eigenvalue weighted by Crippen LogP contribution is -2.45. The number of rotatable bonds is 3. The third-order valence-electron chi connectivity index (χ3n) is 2.60. The fourth-order valence-electron chi connectivity index (χ4n) is 1.51. The summed E-state index contributed by atoms with van der Waals surface area (Å²) in [5.41, 5.74) is 8.62. The van der Waals surface area contributed by atoms with Crippen molar-refractivity contribution in [2.45, 2.75) is 17.4 Å². The lowest BCUT2D eigenvalue weighted by Gasteiger charge is -2.08. The number of hydrogen-bond donors (Lipinski definition) is 4. The van der Waals surface area contributed by atoms with Gasteiger partial charge in [-0.1, -0.05) is 41.9 Å². The smallest absolute Gasteiger partial charge is 0.251 e. The number of nitrogens with one attached hydrogen (secondary N) is 1. The van der Waals surface area contributed by atoms with E-state index >= 15 is 0 Å². The largest absolute Gasteiger partial charge is 0.320 e. The van der Waals surface area contributed by atoms with Gasteiger partial charge in [-0.2, -0.15) is 0 Å². The standard InChI is InChI=1S/C9H13N3O.C6H5ClS/c10-8(9(13)12-11)6-7-4-2-1-3-5-7;7-5-1-3-6(8)4-2-5/h1-5,8H,6,10-11H2,(H,12,13);1-4,8H. The highest BCUT2D eigenvalue weighted by Crippen LogP contribution is 2.11. The molecule has 5 N–H and O–H groups in total. The number of amides is 1. The van der Waals surface area contributed by atoms with Crippen LogP contribution in [0.2, 0.25) is 5.02 Å². The van der Waals surface area contributed by atoms with Crippen LogP contribution in [0.5, 0.6) is 0 Å².